The summed E-state index contributed by atoms with van der Waals surface area (Å²) in [5.74, 6) is 0. The zero-order chi connectivity index (χ0) is 25.5. The summed E-state index contributed by atoms with van der Waals surface area (Å²) in [6.45, 7) is 0. The Labute approximate surface area is 224 Å². The van der Waals surface area contributed by atoms with Gasteiger partial charge in [-0.3, -0.25) is 4.99 Å². The standard InChI is InChI=1S/C36H23N3/c1-2-11-23(12-3-1)38-31-18-8-6-15-27(31)33-24-13-4-5-14-25(24)34-28-16-7-9-19-32(28)39(36(34)35(33)38)30-20-10-17-29-26(30)21-22-37-29/h1-20,22H,21H2. The van der Waals surface area contributed by atoms with Crippen molar-refractivity contribution in [1.29, 1.82) is 0 Å². The molecule has 0 unspecified atom stereocenters. The largest absolute Gasteiger partial charge is 0.307 e. The van der Waals surface area contributed by atoms with Crippen molar-refractivity contribution >= 4 is 66.3 Å². The summed E-state index contributed by atoms with van der Waals surface area (Å²) in [4.78, 5) is 4.70. The highest BCUT2D eigenvalue weighted by Crippen LogP contribution is 2.47. The van der Waals surface area contributed by atoms with E-state index in [1.165, 1.54) is 71.3 Å². The Hall–Kier alpha value is -5.15. The first kappa shape index (κ1) is 20.9. The smallest absolute Gasteiger partial charge is 0.0795 e. The van der Waals surface area contributed by atoms with E-state index in [-0.39, 0.29) is 0 Å². The molecular weight excluding hydrogens is 474 g/mol. The lowest BCUT2D eigenvalue weighted by atomic mass is 9.98. The van der Waals surface area contributed by atoms with E-state index in [9.17, 15) is 0 Å². The molecule has 39 heavy (non-hydrogen) atoms. The maximum Gasteiger partial charge on any atom is 0.0795 e. The van der Waals surface area contributed by atoms with E-state index < -0.39 is 0 Å². The molecule has 0 radical (unpaired) electrons. The number of hydrogen-bond acceptors (Lipinski definition) is 1. The van der Waals surface area contributed by atoms with Gasteiger partial charge in [-0.05, 0) is 47.2 Å². The normalized spacial score (nSPS) is 12.9. The summed E-state index contributed by atoms with van der Waals surface area (Å²) in [5, 5.41) is 7.71. The molecule has 0 saturated carbocycles. The number of rotatable bonds is 2. The topological polar surface area (TPSA) is 22.2 Å². The van der Waals surface area contributed by atoms with Crippen molar-refractivity contribution in [2.45, 2.75) is 6.42 Å². The van der Waals surface area contributed by atoms with Crippen LogP contribution >= 0.6 is 0 Å². The average molecular weight is 498 g/mol. The van der Waals surface area contributed by atoms with Crippen molar-refractivity contribution in [3.05, 3.63) is 127 Å². The van der Waals surface area contributed by atoms with Crippen LogP contribution in [0.3, 0.4) is 0 Å². The van der Waals surface area contributed by atoms with Crippen molar-refractivity contribution < 1.29 is 0 Å². The molecule has 3 heterocycles. The molecule has 0 fully saturated rings. The van der Waals surface area contributed by atoms with Gasteiger partial charge in [0.15, 0.2) is 0 Å². The zero-order valence-electron chi connectivity index (χ0n) is 21.2. The van der Waals surface area contributed by atoms with Gasteiger partial charge >= 0.3 is 0 Å². The molecule has 3 heteroatoms. The Morgan fingerprint density at radius 3 is 1.74 bits per heavy atom. The molecule has 0 N–H and O–H groups in total. The monoisotopic (exact) mass is 497 g/mol. The second kappa shape index (κ2) is 7.68. The lowest BCUT2D eigenvalue weighted by Gasteiger charge is -2.15. The van der Waals surface area contributed by atoms with E-state index in [4.69, 9.17) is 4.99 Å². The summed E-state index contributed by atoms with van der Waals surface area (Å²) >= 11 is 0. The molecule has 1 aliphatic rings. The highest BCUT2D eigenvalue weighted by atomic mass is 15.0. The molecule has 2 aromatic heterocycles. The lowest BCUT2D eigenvalue weighted by molar-refractivity contribution is 1.13. The summed E-state index contributed by atoms with van der Waals surface area (Å²) in [6, 6.07) is 43.9. The van der Waals surface area contributed by atoms with E-state index in [1.807, 2.05) is 6.21 Å². The van der Waals surface area contributed by atoms with Crippen molar-refractivity contribution in [3.63, 3.8) is 0 Å². The Morgan fingerprint density at radius 1 is 0.487 bits per heavy atom. The molecule has 8 aromatic rings. The molecule has 9 rings (SSSR count). The second-order valence-electron chi connectivity index (χ2n) is 10.3. The first-order valence-electron chi connectivity index (χ1n) is 13.5. The van der Waals surface area contributed by atoms with Crippen LogP contribution in [-0.4, -0.2) is 15.3 Å². The van der Waals surface area contributed by atoms with Crippen LogP contribution in [0.1, 0.15) is 5.56 Å². The lowest BCUT2D eigenvalue weighted by Crippen LogP contribution is -2.01. The Bertz CT molecular complexity index is 2300. The quantitative estimate of drug-likeness (QED) is 0.227. The maximum atomic E-state index is 4.70. The minimum absolute atomic E-state index is 0.845. The van der Waals surface area contributed by atoms with Gasteiger partial charge in [0.05, 0.1) is 33.4 Å². The van der Waals surface area contributed by atoms with Gasteiger partial charge < -0.3 is 9.13 Å². The van der Waals surface area contributed by atoms with E-state index in [0.29, 0.717) is 0 Å². The fourth-order valence-electron chi connectivity index (χ4n) is 6.83. The van der Waals surface area contributed by atoms with Gasteiger partial charge in [-0.1, -0.05) is 84.9 Å². The van der Waals surface area contributed by atoms with Crippen LogP contribution in [0.2, 0.25) is 0 Å². The minimum atomic E-state index is 0.845. The molecule has 0 spiro atoms. The highest BCUT2D eigenvalue weighted by molar-refractivity contribution is 6.36. The Kier molecular flexibility index (Phi) is 4.11. The SMILES string of the molecule is C1=Nc2cccc(-n3c4ccccc4c4c5ccccc5c5c6ccccc6n(-c6ccccc6)c5c43)c2C1. The summed E-state index contributed by atoms with van der Waals surface area (Å²) in [6.07, 6.45) is 2.88. The predicted molar refractivity (Wildman–Crippen MR) is 164 cm³/mol. The molecule has 3 nitrogen and oxygen atoms in total. The van der Waals surface area contributed by atoms with E-state index >= 15 is 0 Å². The molecule has 0 amide bonds. The molecule has 1 aliphatic heterocycles. The first-order valence-corrected chi connectivity index (χ1v) is 13.5. The van der Waals surface area contributed by atoms with Crippen LogP contribution in [0, 0.1) is 0 Å². The van der Waals surface area contributed by atoms with Crippen LogP contribution in [-0.2, 0) is 6.42 Å². The average Bonchev–Trinajstić information content (AvgIpc) is 3.70. The number of hydrogen-bond donors (Lipinski definition) is 0. The molecular formula is C36H23N3. The molecule has 0 aliphatic carbocycles. The summed E-state index contributed by atoms with van der Waals surface area (Å²) in [5.41, 5.74) is 9.64. The van der Waals surface area contributed by atoms with Crippen LogP contribution in [0.25, 0.3) is 65.8 Å². The second-order valence-corrected chi connectivity index (χ2v) is 10.3. The summed E-state index contributed by atoms with van der Waals surface area (Å²) < 4.78 is 4.97. The van der Waals surface area contributed by atoms with Gasteiger partial charge in [-0.2, -0.15) is 0 Å². The van der Waals surface area contributed by atoms with Gasteiger partial charge in [-0.15, -0.1) is 0 Å². The van der Waals surface area contributed by atoms with Gasteiger partial charge in [-0.25, -0.2) is 0 Å². The summed E-state index contributed by atoms with van der Waals surface area (Å²) in [7, 11) is 0. The van der Waals surface area contributed by atoms with Crippen LogP contribution in [0.4, 0.5) is 5.69 Å². The highest BCUT2D eigenvalue weighted by Gasteiger charge is 2.25. The molecule has 0 bridgehead atoms. The number of aliphatic imine (C=N–C) groups is 1. The van der Waals surface area contributed by atoms with E-state index in [1.54, 1.807) is 0 Å². The fraction of sp³-hybridized carbons (Fsp3) is 0.0278. The number of benzene rings is 6. The third-order valence-electron chi connectivity index (χ3n) is 8.35. The van der Waals surface area contributed by atoms with Crippen molar-refractivity contribution in [3.8, 4) is 11.4 Å². The van der Waals surface area contributed by atoms with Crippen LogP contribution < -0.4 is 0 Å². The minimum Gasteiger partial charge on any atom is -0.307 e. The van der Waals surface area contributed by atoms with Gasteiger partial charge in [0.25, 0.3) is 0 Å². The van der Waals surface area contributed by atoms with Gasteiger partial charge in [0.2, 0.25) is 0 Å². The molecule has 182 valence electrons. The number of para-hydroxylation sites is 3. The Balaban J connectivity index is 1.65. The predicted octanol–water partition coefficient (Wildman–Crippen LogP) is 9.29. The molecule has 0 atom stereocenters. The Morgan fingerprint density at radius 2 is 1.05 bits per heavy atom. The number of nitrogens with zero attached hydrogens (tertiary/aromatic N) is 3. The van der Waals surface area contributed by atoms with E-state index in [0.717, 1.165) is 12.1 Å². The number of aromatic nitrogens is 2. The van der Waals surface area contributed by atoms with Crippen molar-refractivity contribution in [1.82, 2.24) is 9.13 Å². The first-order chi connectivity index (χ1) is 19.4. The number of fused-ring (bicyclic) bond motifs is 11. The van der Waals surface area contributed by atoms with Gasteiger partial charge in [0.1, 0.15) is 0 Å². The van der Waals surface area contributed by atoms with E-state index in [2.05, 4.69) is 130 Å². The third-order valence-corrected chi connectivity index (χ3v) is 8.35. The fourth-order valence-corrected chi connectivity index (χ4v) is 6.83. The zero-order valence-corrected chi connectivity index (χ0v) is 21.2. The van der Waals surface area contributed by atoms with Crippen molar-refractivity contribution in [2.75, 3.05) is 0 Å². The maximum absolute atomic E-state index is 4.70. The van der Waals surface area contributed by atoms with Crippen LogP contribution in [0.5, 0.6) is 0 Å². The molecule has 6 aromatic carbocycles. The third kappa shape index (κ3) is 2.69. The molecule has 0 saturated heterocycles. The van der Waals surface area contributed by atoms with Crippen LogP contribution in [0.15, 0.2) is 126 Å². The van der Waals surface area contributed by atoms with Crippen molar-refractivity contribution in [2.24, 2.45) is 4.99 Å². The van der Waals surface area contributed by atoms with Gasteiger partial charge in [0, 0.05) is 45.4 Å².